The van der Waals surface area contributed by atoms with Crippen molar-refractivity contribution in [3.05, 3.63) is 95.6 Å². The van der Waals surface area contributed by atoms with Gasteiger partial charge >= 0.3 is 0 Å². The minimum Gasteiger partial charge on any atom is -0.346 e. The monoisotopic (exact) mass is 447 g/mol. The van der Waals surface area contributed by atoms with E-state index in [-0.39, 0.29) is 18.9 Å². The second-order valence-corrected chi connectivity index (χ2v) is 7.64. The molecule has 0 aliphatic rings. The molecule has 2 amide bonds. The van der Waals surface area contributed by atoms with Crippen LogP contribution in [0.5, 0.6) is 0 Å². The molecule has 0 spiro atoms. The third-order valence-electron chi connectivity index (χ3n) is 5.36. The number of rotatable bonds is 8. The van der Waals surface area contributed by atoms with Gasteiger partial charge in [0, 0.05) is 5.56 Å². The lowest BCUT2D eigenvalue weighted by Crippen LogP contribution is -2.29. The predicted molar refractivity (Wildman–Crippen MR) is 119 cm³/mol. The van der Waals surface area contributed by atoms with E-state index in [1.807, 2.05) is 42.5 Å². The highest BCUT2D eigenvalue weighted by Crippen LogP contribution is 2.23. The summed E-state index contributed by atoms with van der Waals surface area (Å²) in [6, 6.07) is 18.8. The van der Waals surface area contributed by atoms with Crippen LogP contribution in [-0.4, -0.2) is 32.0 Å². The van der Waals surface area contributed by atoms with Gasteiger partial charge < -0.3 is 5.32 Å². The largest absolute Gasteiger partial charge is 0.346 e. The summed E-state index contributed by atoms with van der Waals surface area (Å²) >= 11 is 0. The molecule has 4 rings (SSSR count). The number of carbonyl (C=O) groups excluding carboxylic acids is 2. The van der Waals surface area contributed by atoms with Gasteiger partial charge in [-0.2, -0.15) is 0 Å². The van der Waals surface area contributed by atoms with Gasteiger partial charge in [-0.3, -0.25) is 14.8 Å². The van der Waals surface area contributed by atoms with Crippen LogP contribution in [0.3, 0.4) is 0 Å². The summed E-state index contributed by atoms with van der Waals surface area (Å²) in [7, 11) is 0. The van der Waals surface area contributed by atoms with Gasteiger partial charge in [-0.25, -0.2) is 14.6 Å². The number of carbonyl (C=O) groups is 2. The summed E-state index contributed by atoms with van der Waals surface area (Å²) in [6.07, 6.45) is 1.93. The summed E-state index contributed by atoms with van der Waals surface area (Å²) in [6.45, 7) is 0.109. The molecule has 0 radical (unpaired) electrons. The van der Waals surface area contributed by atoms with E-state index in [2.05, 4.69) is 15.6 Å². The number of amides is 2. The van der Waals surface area contributed by atoms with Gasteiger partial charge in [-0.1, -0.05) is 47.7 Å². The Hall–Kier alpha value is -4.11. The summed E-state index contributed by atoms with van der Waals surface area (Å²) < 4.78 is 14.7. The van der Waals surface area contributed by atoms with Crippen LogP contribution in [0.1, 0.15) is 34.1 Å². The molecule has 33 heavy (non-hydrogen) atoms. The molecule has 3 aromatic carbocycles. The van der Waals surface area contributed by atoms with Crippen LogP contribution >= 0.6 is 0 Å². The zero-order valence-corrected chi connectivity index (χ0v) is 17.6. The SMILES string of the molecule is O=C(C[C@@H](Cc1ccc2ccccc2c1)n1nncc1CNC(=O)c1ccc(F)cc1)NO. The summed E-state index contributed by atoms with van der Waals surface area (Å²) in [5, 5.41) is 22.1. The van der Waals surface area contributed by atoms with Gasteiger partial charge in [0.25, 0.3) is 5.91 Å². The maximum atomic E-state index is 13.1. The predicted octanol–water partition coefficient (Wildman–Crippen LogP) is 3.18. The summed E-state index contributed by atoms with van der Waals surface area (Å²) in [5.74, 6) is -1.35. The fourth-order valence-electron chi connectivity index (χ4n) is 3.72. The van der Waals surface area contributed by atoms with E-state index in [1.165, 1.54) is 30.5 Å². The Kier molecular flexibility index (Phi) is 6.70. The van der Waals surface area contributed by atoms with E-state index in [1.54, 1.807) is 10.2 Å². The Labute approximate surface area is 189 Å². The van der Waals surface area contributed by atoms with Crippen molar-refractivity contribution < 1.29 is 19.2 Å². The van der Waals surface area contributed by atoms with E-state index in [0.29, 0.717) is 17.7 Å². The summed E-state index contributed by atoms with van der Waals surface area (Å²) in [4.78, 5) is 24.4. The molecule has 0 saturated carbocycles. The van der Waals surface area contributed by atoms with E-state index in [0.717, 1.165) is 16.3 Å². The first-order valence-corrected chi connectivity index (χ1v) is 10.4. The molecule has 1 heterocycles. The van der Waals surface area contributed by atoms with Crippen LogP contribution in [0.25, 0.3) is 10.8 Å². The van der Waals surface area contributed by atoms with Crippen molar-refractivity contribution in [1.29, 1.82) is 0 Å². The molecule has 0 unspecified atom stereocenters. The molecule has 0 saturated heterocycles. The lowest BCUT2D eigenvalue weighted by atomic mass is 9.99. The first kappa shape index (κ1) is 22.1. The first-order chi connectivity index (χ1) is 16.0. The van der Waals surface area contributed by atoms with Crippen LogP contribution in [0.15, 0.2) is 72.9 Å². The molecule has 0 aliphatic heterocycles. The number of fused-ring (bicyclic) bond motifs is 1. The van der Waals surface area contributed by atoms with Crippen LogP contribution in [0, 0.1) is 5.82 Å². The van der Waals surface area contributed by atoms with Gasteiger partial charge in [0.05, 0.1) is 30.9 Å². The highest BCUT2D eigenvalue weighted by molar-refractivity contribution is 5.94. The van der Waals surface area contributed by atoms with Crippen molar-refractivity contribution in [2.75, 3.05) is 0 Å². The van der Waals surface area contributed by atoms with Crippen LogP contribution in [0.4, 0.5) is 4.39 Å². The second kappa shape index (κ2) is 10.0. The maximum Gasteiger partial charge on any atom is 0.251 e. The Morgan fingerprint density at radius 2 is 1.79 bits per heavy atom. The number of benzene rings is 3. The molecule has 3 N–H and O–H groups in total. The fraction of sp³-hybridized carbons (Fsp3) is 0.167. The Balaban J connectivity index is 1.53. The van der Waals surface area contributed by atoms with Crippen molar-refractivity contribution in [2.45, 2.75) is 25.4 Å². The Bertz CT molecular complexity index is 1270. The van der Waals surface area contributed by atoms with E-state index >= 15 is 0 Å². The molecule has 0 bridgehead atoms. The minimum absolute atomic E-state index is 0.0361. The number of halogens is 1. The molecule has 0 fully saturated rings. The van der Waals surface area contributed by atoms with E-state index in [4.69, 9.17) is 5.21 Å². The minimum atomic E-state index is -0.558. The van der Waals surface area contributed by atoms with Crippen molar-refractivity contribution in [2.24, 2.45) is 0 Å². The molecule has 4 aromatic rings. The number of hydroxylamine groups is 1. The van der Waals surface area contributed by atoms with Crippen LogP contribution in [-0.2, 0) is 17.8 Å². The third-order valence-corrected chi connectivity index (χ3v) is 5.36. The Morgan fingerprint density at radius 1 is 1.03 bits per heavy atom. The molecule has 9 heteroatoms. The topological polar surface area (TPSA) is 109 Å². The molecule has 168 valence electrons. The standard InChI is InChI=1S/C24H22FN5O3/c25-20-9-7-18(8-10-20)24(32)26-14-22-15-27-29-30(22)21(13-23(31)28-33)12-16-5-6-17-3-1-2-4-19(17)11-16/h1-11,15,21,33H,12-14H2,(H,26,32)(H,28,31)/t21-/m1/s1. The number of aromatic nitrogens is 3. The number of hydrogen-bond donors (Lipinski definition) is 3. The second-order valence-electron chi connectivity index (χ2n) is 7.64. The average Bonchev–Trinajstić information content (AvgIpc) is 3.31. The van der Waals surface area contributed by atoms with E-state index < -0.39 is 17.8 Å². The summed E-state index contributed by atoms with van der Waals surface area (Å²) in [5.41, 5.74) is 3.56. The zero-order valence-electron chi connectivity index (χ0n) is 17.6. The molecule has 1 atom stereocenters. The molecular formula is C24H22FN5O3. The lowest BCUT2D eigenvalue weighted by Gasteiger charge is -2.19. The van der Waals surface area contributed by atoms with E-state index in [9.17, 15) is 14.0 Å². The lowest BCUT2D eigenvalue weighted by molar-refractivity contribution is -0.130. The quantitative estimate of drug-likeness (QED) is 0.284. The molecule has 1 aromatic heterocycles. The third kappa shape index (κ3) is 5.39. The normalized spacial score (nSPS) is 11.8. The van der Waals surface area contributed by atoms with Gasteiger partial charge in [0.2, 0.25) is 5.91 Å². The van der Waals surface area contributed by atoms with Crippen molar-refractivity contribution in [1.82, 2.24) is 25.8 Å². The van der Waals surface area contributed by atoms with Crippen molar-refractivity contribution in [3.8, 4) is 0 Å². The van der Waals surface area contributed by atoms with Gasteiger partial charge in [0.15, 0.2) is 0 Å². The van der Waals surface area contributed by atoms with Crippen LogP contribution < -0.4 is 10.8 Å². The zero-order chi connectivity index (χ0) is 23.2. The Morgan fingerprint density at radius 3 is 2.55 bits per heavy atom. The molecule has 0 aliphatic carbocycles. The number of hydrogen-bond acceptors (Lipinski definition) is 5. The smallest absolute Gasteiger partial charge is 0.251 e. The highest BCUT2D eigenvalue weighted by atomic mass is 19.1. The maximum absolute atomic E-state index is 13.1. The molecule has 8 nitrogen and oxygen atoms in total. The molecular weight excluding hydrogens is 425 g/mol. The number of nitrogens with one attached hydrogen (secondary N) is 2. The first-order valence-electron chi connectivity index (χ1n) is 10.4. The fourth-order valence-corrected chi connectivity index (χ4v) is 3.72. The van der Waals surface area contributed by atoms with Gasteiger partial charge in [-0.05, 0) is 47.0 Å². The van der Waals surface area contributed by atoms with Gasteiger partial charge in [0.1, 0.15) is 5.82 Å². The van der Waals surface area contributed by atoms with Crippen LogP contribution in [0.2, 0.25) is 0 Å². The van der Waals surface area contributed by atoms with Gasteiger partial charge in [-0.15, -0.1) is 5.10 Å². The average molecular weight is 447 g/mol. The van der Waals surface area contributed by atoms with Crippen molar-refractivity contribution in [3.63, 3.8) is 0 Å². The number of nitrogens with zero attached hydrogens (tertiary/aromatic N) is 3. The highest BCUT2D eigenvalue weighted by Gasteiger charge is 2.21. The van der Waals surface area contributed by atoms with Crippen molar-refractivity contribution >= 4 is 22.6 Å².